The first-order valence-corrected chi connectivity index (χ1v) is 13.8. The minimum absolute atomic E-state index is 0.0758. The van der Waals surface area contributed by atoms with Crippen LogP contribution in [0.4, 0.5) is 16.2 Å². The Morgan fingerprint density at radius 3 is 2.52 bits per heavy atom. The average molecular weight is 537 g/mol. The van der Waals surface area contributed by atoms with E-state index in [0.29, 0.717) is 42.3 Å². The summed E-state index contributed by atoms with van der Waals surface area (Å²) < 4.78 is 0. The van der Waals surface area contributed by atoms with Gasteiger partial charge in [-0.3, -0.25) is 9.59 Å². The number of hydrogen-bond donors (Lipinski definition) is 2. The van der Waals surface area contributed by atoms with Gasteiger partial charge in [-0.1, -0.05) is 42.5 Å². The van der Waals surface area contributed by atoms with Gasteiger partial charge in [0.1, 0.15) is 0 Å². The molecule has 2 aliphatic rings. The minimum Gasteiger partial charge on any atom is -0.348 e. The predicted molar refractivity (Wildman–Crippen MR) is 154 cm³/mol. The van der Waals surface area contributed by atoms with E-state index in [1.807, 2.05) is 65.6 Å². The summed E-state index contributed by atoms with van der Waals surface area (Å²) in [7, 11) is 0. The number of carbonyl (C=O) groups is 3. The van der Waals surface area contributed by atoms with Gasteiger partial charge in [-0.25, -0.2) is 9.78 Å². The van der Waals surface area contributed by atoms with Gasteiger partial charge in [0.15, 0.2) is 0 Å². The molecule has 0 unspecified atom stereocenters. The van der Waals surface area contributed by atoms with Gasteiger partial charge in [-0.15, -0.1) is 0 Å². The van der Waals surface area contributed by atoms with Crippen molar-refractivity contribution in [2.45, 2.75) is 32.2 Å². The van der Waals surface area contributed by atoms with E-state index in [9.17, 15) is 14.4 Å². The van der Waals surface area contributed by atoms with Gasteiger partial charge in [0, 0.05) is 55.9 Å². The highest BCUT2D eigenvalue weighted by Crippen LogP contribution is 2.31. The summed E-state index contributed by atoms with van der Waals surface area (Å²) in [6, 6.07) is 19.1. The van der Waals surface area contributed by atoms with Crippen molar-refractivity contribution in [3.63, 3.8) is 0 Å². The SMILES string of the molecule is O=C(Nc1ccc2c(c1)N(C(=O)Cc1cnc[nH]1)CCN(C(=O)c1cccc3ccccc13)C2)N1CCCCC1. The average Bonchev–Trinajstić information content (AvgIpc) is 3.42. The third-order valence-electron chi connectivity index (χ3n) is 7.73. The van der Waals surface area contributed by atoms with Crippen LogP contribution in [0.25, 0.3) is 10.8 Å². The van der Waals surface area contributed by atoms with Crippen molar-refractivity contribution in [2.24, 2.45) is 0 Å². The number of nitrogens with one attached hydrogen (secondary N) is 2. The van der Waals surface area contributed by atoms with Gasteiger partial charge in [0.25, 0.3) is 5.91 Å². The van der Waals surface area contributed by atoms with Crippen LogP contribution in [0.3, 0.4) is 0 Å². The number of urea groups is 1. The Bertz CT molecular complexity index is 1540. The number of aromatic nitrogens is 2. The Labute approximate surface area is 232 Å². The lowest BCUT2D eigenvalue weighted by Gasteiger charge is -2.27. The molecule has 3 heterocycles. The molecular weight excluding hydrogens is 504 g/mol. The fourth-order valence-corrected chi connectivity index (χ4v) is 5.61. The number of H-pyrrole nitrogens is 1. The molecule has 9 nitrogen and oxygen atoms in total. The van der Waals surface area contributed by atoms with Crippen LogP contribution in [0.2, 0.25) is 0 Å². The van der Waals surface area contributed by atoms with E-state index >= 15 is 0 Å². The van der Waals surface area contributed by atoms with Gasteiger partial charge in [-0.05, 0) is 53.8 Å². The Morgan fingerprint density at radius 1 is 0.875 bits per heavy atom. The van der Waals surface area contributed by atoms with Crippen LogP contribution in [-0.4, -0.2) is 63.8 Å². The molecule has 0 atom stereocenters. The number of aromatic amines is 1. The molecule has 6 rings (SSSR count). The van der Waals surface area contributed by atoms with Crippen molar-refractivity contribution in [2.75, 3.05) is 36.4 Å². The predicted octanol–water partition coefficient (Wildman–Crippen LogP) is 4.81. The summed E-state index contributed by atoms with van der Waals surface area (Å²) in [5.41, 5.74) is 3.54. The molecule has 4 amide bonds. The lowest BCUT2D eigenvalue weighted by molar-refractivity contribution is -0.118. The van der Waals surface area contributed by atoms with Crippen molar-refractivity contribution in [1.29, 1.82) is 0 Å². The maximum atomic E-state index is 13.8. The van der Waals surface area contributed by atoms with E-state index in [1.54, 1.807) is 22.3 Å². The standard InChI is InChI=1S/C31H32N6O3/c38-29(18-25-19-32-21-33-25)37-16-15-36(30(39)27-10-6-8-22-7-2-3-9-26(22)27)20-23-11-12-24(17-28(23)37)34-31(40)35-13-4-1-5-14-35/h2-3,6-12,17,19,21H,1,4-5,13-16,18,20H2,(H,32,33)(H,34,40). The lowest BCUT2D eigenvalue weighted by atomic mass is 10.0. The highest BCUT2D eigenvalue weighted by Gasteiger charge is 2.28. The summed E-state index contributed by atoms with van der Waals surface area (Å²) in [4.78, 5) is 52.7. The molecule has 2 aliphatic heterocycles. The number of fused-ring (bicyclic) bond motifs is 2. The zero-order chi connectivity index (χ0) is 27.5. The van der Waals surface area contributed by atoms with Crippen LogP contribution < -0.4 is 10.2 Å². The first kappa shape index (κ1) is 25.6. The molecule has 0 bridgehead atoms. The number of likely N-dealkylation sites (tertiary alicyclic amines) is 1. The molecule has 0 radical (unpaired) electrons. The zero-order valence-corrected chi connectivity index (χ0v) is 22.3. The molecule has 2 N–H and O–H groups in total. The Morgan fingerprint density at radius 2 is 1.70 bits per heavy atom. The fourth-order valence-electron chi connectivity index (χ4n) is 5.61. The van der Waals surface area contributed by atoms with E-state index in [4.69, 9.17) is 0 Å². The highest BCUT2D eigenvalue weighted by molar-refractivity contribution is 6.07. The molecule has 9 heteroatoms. The van der Waals surface area contributed by atoms with Crippen molar-refractivity contribution in [3.05, 3.63) is 90.0 Å². The molecule has 4 aromatic rings. The molecule has 0 saturated carbocycles. The Hall–Kier alpha value is -4.66. The van der Waals surface area contributed by atoms with E-state index in [2.05, 4.69) is 15.3 Å². The highest BCUT2D eigenvalue weighted by atomic mass is 16.2. The number of imidazole rings is 1. The number of carbonyl (C=O) groups excluding carboxylic acids is 3. The second-order valence-corrected chi connectivity index (χ2v) is 10.4. The lowest BCUT2D eigenvalue weighted by Crippen LogP contribution is -2.39. The molecule has 1 aromatic heterocycles. The van der Waals surface area contributed by atoms with E-state index in [1.165, 1.54) is 0 Å². The first-order chi connectivity index (χ1) is 19.6. The van der Waals surface area contributed by atoms with E-state index in [-0.39, 0.29) is 24.3 Å². The molecule has 0 spiro atoms. The molecule has 0 aliphatic carbocycles. The minimum atomic E-state index is -0.128. The maximum absolute atomic E-state index is 13.8. The number of benzene rings is 3. The maximum Gasteiger partial charge on any atom is 0.321 e. The van der Waals surface area contributed by atoms with Crippen LogP contribution in [0.5, 0.6) is 0 Å². The van der Waals surface area contributed by atoms with Crippen molar-refractivity contribution in [1.82, 2.24) is 19.8 Å². The summed E-state index contributed by atoms with van der Waals surface area (Å²) in [6.07, 6.45) is 6.51. The topological polar surface area (TPSA) is 102 Å². The monoisotopic (exact) mass is 536 g/mol. The molecule has 3 aromatic carbocycles. The molecule has 204 valence electrons. The molecular formula is C31H32N6O3. The van der Waals surface area contributed by atoms with Crippen LogP contribution in [-0.2, 0) is 17.8 Å². The summed E-state index contributed by atoms with van der Waals surface area (Å²) in [6.45, 7) is 2.56. The molecule has 1 fully saturated rings. The number of rotatable bonds is 4. The number of piperidine rings is 1. The van der Waals surface area contributed by atoms with Crippen molar-refractivity contribution < 1.29 is 14.4 Å². The van der Waals surface area contributed by atoms with Gasteiger partial charge in [-0.2, -0.15) is 0 Å². The van der Waals surface area contributed by atoms with Crippen molar-refractivity contribution >= 4 is 40.0 Å². The summed E-state index contributed by atoms with van der Waals surface area (Å²) in [5.74, 6) is -0.183. The van der Waals surface area contributed by atoms with Crippen LogP contribution in [0, 0.1) is 0 Å². The normalized spacial score (nSPS) is 15.4. The summed E-state index contributed by atoms with van der Waals surface area (Å²) >= 11 is 0. The second-order valence-electron chi connectivity index (χ2n) is 10.4. The third-order valence-corrected chi connectivity index (χ3v) is 7.73. The first-order valence-electron chi connectivity index (χ1n) is 13.8. The number of hydrogen-bond acceptors (Lipinski definition) is 4. The van der Waals surface area contributed by atoms with Gasteiger partial charge >= 0.3 is 6.03 Å². The summed E-state index contributed by atoms with van der Waals surface area (Å²) in [5, 5.41) is 4.93. The number of nitrogens with zero attached hydrogens (tertiary/aromatic N) is 4. The fraction of sp³-hybridized carbons (Fsp3) is 0.290. The van der Waals surface area contributed by atoms with Crippen LogP contribution in [0.15, 0.2) is 73.2 Å². The third kappa shape index (κ3) is 5.27. The van der Waals surface area contributed by atoms with Gasteiger partial charge in [0.2, 0.25) is 5.91 Å². The molecule has 1 saturated heterocycles. The quantitative estimate of drug-likeness (QED) is 0.391. The van der Waals surface area contributed by atoms with Crippen molar-refractivity contribution in [3.8, 4) is 0 Å². The Balaban J connectivity index is 1.31. The zero-order valence-electron chi connectivity index (χ0n) is 22.3. The van der Waals surface area contributed by atoms with Crippen LogP contribution >= 0.6 is 0 Å². The van der Waals surface area contributed by atoms with Gasteiger partial charge < -0.3 is 25.0 Å². The largest absolute Gasteiger partial charge is 0.348 e. The number of amides is 4. The smallest absolute Gasteiger partial charge is 0.321 e. The Kier molecular flexibility index (Phi) is 7.18. The molecule has 40 heavy (non-hydrogen) atoms. The van der Waals surface area contributed by atoms with E-state index in [0.717, 1.165) is 48.7 Å². The second kappa shape index (κ2) is 11.2. The van der Waals surface area contributed by atoms with Gasteiger partial charge in [0.05, 0.1) is 18.4 Å². The number of anilines is 2. The van der Waals surface area contributed by atoms with E-state index < -0.39 is 0 Å². The van der Waals surface area contributed by atoms with Crippen LogP contribution in [0.1, 0.15) is 40.9 Å².